The van der Waals surface area contributed by atoms with E-state index < -0.39 is 6.10 Å². The van der Waals surface area contributed by atoms with Crippen molar-refractivity contribution in [2.24, 2.45) is 0 Å². The van der Waals surface area contributed by atoms with Crippen molar-refractivity contribution in [1.29, 1.82) is 0 Å². The summed E-state index contributed by atoms with van der Waals surface area (Å²) in [5, 5.41) is 10.8. The molecule has 1 saturated heterocycles. The van der Waals surface area contributed by atoms with E-state index in [-0.39, 0.29) is 11.7 Å². The van der Waals surface area contributed by atoms with E-state index in [9.17, 15) is 14.3 Å². The van der Waals surface area contributed by atoms with Gasteiger partial charge in [-0.15, -0.1) is 0 Å². The second-order valence-electron chi connectivity index (χ2n) is 6.19. The van der Waals surface area contributed by atoms with Gasteiger partial charge >= 0.3 is 0 Å². The largest absolute Gasteiger partial charge is 0.378 e. The van der Waals surface area contributed by atoms with Gasteiger partial charge in [0, 0.05) is 37.7 Å². The zero-order valence-corrected chi connectivity index (χ0v) is 14.5. The maximum atomic E-state index is 13.3. The van der Waals surface area contributed by atoms with Crippen LogP contribution >= 0.6 is 11.6 Å². The van der Waals surface area contributed by atoms with E-state index in [1.807, 2.05) is 6.07 Å². The Morgan fingerprint density at radius 3 is 2.52 bits per heavy atom. The lowest BCUT2D eigenvalue weighted by Crippen LogP contribution is -2.49. The Kier molecular flexibility index (Phi) is 5.68. The Balaban J connectivity index is 1.55. The van der Waals surface area contributed by atoms with E-state index >= 15 is 0 Å². The van der Waals surface area contributed by atoms with E-state index in [1.54, 1.807) is 35.2 Å². The standard InChI is InChI=1S/C19H20ClFN2O2/c20-16-5-2-4-15(12-16)18(24)19(25)23-9-7-22(8-10-23)13-14-3-1-6-17(21)11-14/h1-6,11-12,18,24H,7-10,13H2/t18-/m0/s1. The molecule has 1 fully saturated rings. The number of aliphatic hydroxyl groups excluding tert-OH is 1. The maximum absolute atomic E-state index is 13.3. The lowest BCUT2D eigenvalue weighted by molar-refractivity contribution is -0.142. The molecule has 2 aromatic rings. The molecule has 25 heavy (non-hydrogen) atoms. The predicted molar refractivity (Wildman–Crippen MR) is 94.7 cm³/mol. The molecule has 0 radical (unpaired) electrons. The summed E-state index contributed by atoms with van der Waals surface area (Å²) in [6.45, 7) is 3.09. The summed E-state index contributed by atoms with van der Waals surface area (Å²) in [4.78, 5) is 16.3. The Morgan fingerprint density at radius 2 is 1.84 bits per heavy atom. The molecule has 0 saturated carbocycles. The first kappa shape index (κ1) is 17.9. The minimum Gasteiger partial charge on any atom is -0.378 e. The Labute approximate surface area is 151 Å². The van der Waals surface area contributed by atoms with E-state index in [2.05, 4.69) is 4.90 Å². The second kappa shape index (κ2) is 7.95. The SMILES string of the molecule is O=C([C@@H](O)c1cccc(Cl)c1)N1CCN(Cc2cccc(F)c2)CC1. The van der Waals surface area contributed by atoms with Crippen LogP contribution in [0.15, 0.2) is 48.5 Å². The van der Waals surface area contributed by atoms with Crippen molar-refractivity contribution in [3.8, 4) is 0 Å². The molecule has 0 aromatic heterocycles. The number of nitrogens with zero attached hydrogens (tertiary/aromatic N) is 2. The van der Waals surface area contributed by atoms with Gasteiger partial charge in [-0.3, -0.25) is 9.69 Å². The van der Waals surface area contributed by atoms with Crippen molar-refractivity contribution in [3.05, 3.63) is 70.5 Å². The van der Waals surface area contributed by atoms with Crippen LogP contribution in [-0.4, -0.2) is 47.0 Å². The highest BCUT2D eigenvalue weighted by Gasteiger charge is 2.27. The summed E-state index contributed by atoms with van der Waals surface area (Å²) >= 11 is 5.92. The van der Waals surface area contributed by atoms with Crippen LogP contribution in [0.25, 0.3) is 0 Å². The highest BCUT2D eigenvalue weighted by Crippen LogP contribution is 2.20. The van der Waals surface area contributed by atoms with Crippen LogP contribution in [0.5, 0.6) is 0 Å². The van der Waals surface area contributed by atoms with Crippen molar-refractivity contribution in [1.82, 2.24) is 9.80 Å². The molecule has 0 bridgehead atoms. The summed E-state index contributed by atoms with van der Waals surface area (Å²) < 4.78 is 13.3. The van der Waals surface area contributed by atoms with Gasteiger partial charge in [0.1, 0.15) is 5.82 Å². The lowest BCUT2D eigenvalue weighted by atomic mass is 10.1. The number of carbonyl (C=O) groups excluding carboxylic acids is 1. The number of carbonyl (C=O) groups is 1. The minimum absolute atomic E-state index is 0.240. The molecule has 6 heteroatoms. The molecule has 0 spiro atoms. The number of hydrogen-bond donors (Lipinski definition) is 1. The smallest absolute Gasteiger partial charge is 0.256 e. The fourth-order valence-corrected chi connectivity index (χ4v) is 3.21. The number of benzene rings is 2. The summed E-state index contributed by atoms with van der Waals surface area (Å²) in [5.41, 5.74) is 1.42. The van der Waals surface area contributed by atoms with Gasteiger partial charge in [0.15, 0.2) is 6.10 Å². The fraction of sp³-hybridized carbons (Fsp3) is 0.316. The first-order valence-electron chi connectivity index (χ1n) is 8.22. The first-order valence-corrected chi connectivity index (χ1v) is 8.60. The molecule has 1 heterocycles. The van der Waals surface area contributed by atoms with Gasteiger partial charge in [0.2, 0.25) is 0 Å². The van der Waals surface area contributed by atoms with Gasteiger partial charge < -0.3 is 10.0 Å². The molecule has 1 aliphatic rings. The average Bonchev–Trinajstić information content (AvgIpc) is 2.61. The third-order valence-corrected chi connectivity index (χ3v) is 4.61. The zero-order valence-electron chi connectivity index (χ0n) is 13.7. The van der Waals surface area contributed by atoms with Crippen molar-refractivity contribution in [3.63, 3.8) is 0 Å². The molecule has 4 nitrogen and oxygen atoms in total. The summed E-state index contributed by atoms with van der Waals surface area (Å²) in [6, 6.07) is 13.3. The normalized spacial score (nSPS) is 16.7. The molecule has 2 aromatic carbocycles. The summed E-state index contributed by atoms with van der Waals surface area (Å²) in [7, 11) is 0. The number of rotatable bonds is 4. The van der Waals surface area contributed by atoms with Gasteiger partial charge in [-0.2, -0.15) is 0 Å². The fourth-order valence-electron chi connectivity index (χ4n) is 3.01. The number of halogens is 2. The number of aliphatic hydroxyl groups is 1. The van der Waals surface area contributed by atoms with Crippen molar-refractivity contribution in [2.45, 2.75) is 12.6 Å². The highest BCUT2D eigenvalue weighted by atomic mass is 35.5. The molecular formula is C19H20ClFN2O2. The van der Waals surface area contributed by atoms with Crippen LogP contribution in [-0.2, 0) is 11.3 Å². The second-order valence-corrected chi connectivity index (χ2v) is 6.63. The van der Waals surface area contributed by atoms with Crippen LogP contribution in [0.3, 0.4) is 0 Å². The number of hydrogen-bond acceptors (Lipinski definition) is 3. The van der Waals surface area contributed by atoms with Crippen LogP contribution < -0.4 is 0 Å². The van der Waals surface area contributed by atoms with E-state index in [4.69, 9.17) is 11.6 Å². The van der Waals surface area contributed by atoms with Crippen LogP contribution in [0.4, 0.5) is 4.39 Å². The third-order valence-electron chi connectivity index (χ3n) is 4.38. The van der Waals surface area contributed by atoms with E-state index in [0.29, 0.717) is 43.3 Å². The van der Waals surface area contributed by atoms with Crippen molar-refractivity contribution in [2.75, 3.05) is 26.2 Å². The number of piperazine rings is 1. The zero-order chi connectivity index (χ0) is 17.8. The minimum atomic E-state index is -1.20. The highest BCUT2D eigenvalue weighted by molar-refractivity contribution is 6.30. The Hall–Kier alpha value is -1.95. The van der Waals surface area contributed by atoms with Gasteiger partial charge in [-0.25, -0.2) is 4.39 Å². The molecule has 0 aliphatic carbocycles. The molecule has 0 unspecified atom stereocenters. The van der Waals surface area contributed by atoms with Crippen LogP contribution in [0, 0.1) is 5.82 Å². The van der Waals surface area contributed by atoms with Crippen LogP contribution in [0.1, 0.15) is 17.2 Å². The molecular weight excluding hydrogens is 343 g/mol. The van der Waals surface area contributed by atoms with Crippen molar-refractivity contribution < 1.29 is 14.3 Å². The maximum Gasteiger partial charge on any atom is 0.256 e. The molecule has 1 aliphatic heterocycles. The quantitative estimate of drug-likeness (QED) is 0.909. The molecule has 132 valence electrons. The van der Waals surface area contributed by atoms with Gasteiger partial charge in [-0.1, -0.05) is 35.9 Å². The monoisotopic (exact) mass is 362 g/mol. The first-order chi connectivity index (χ1) is 12.0. The third kappa shape index (κ3) is 4.57. The summed E-state index contributed by atoms with van der Waals surface area (Å²) in [5.74, 6) is -0.552. The van der Waals surface area contributed by atoms with E-state index in [0.717, 1.165) is 5.56 Å². The molecule has 1 amide bonds. The predicted octanol–water partition coefficient (Wildman–Crippen LogP) is 2.86. The van der Waals surface area contributed by atoms with E-state index in [1.165, 1.54) is 12.1 Å². The van der Waals surface area contributed by atoms with Gasteiger partial charge in [-0.05, 0) is 35.4 Å². The Bertz CT molecular complexity index is 748. The molecule has 1 atom stereocenters. The topological polar surface area (TPSA) is 43.8 Å². The van der Waals surface area contributed by atoms with Gasteiger partial charge in [0.05, 0.1) is 0 Å². The molecule has 1 N–H and O–H groups in total. The Morgan fingerprint density at radius 1 is 1.12 bits per heavy atom. The average molecular weight is 363 g/mol. The van der Waals surface area contributed by atoms with Gasteiger partial charge in [0.25, 0.3) is 5.91 Å². The van der Waals surface area contributed by atoms with Crippen molar-refractivity contribution >= 4 is 17.5 Å². The van der Waals surface area contributed by atoms with Crippen LogP contribution in [0.2, 0.25) is 5.02 Å². The number of amides is 1. The summed E-state index contributed by atoms with van der Waals surface area (Å²) in [6.07, 6.45) is -1.20. The molecule has 3 rings (SSSR count). The lowest BCUT2D eigenvalue weighted by Gasteiger charge is -2.35.